The van der Waals surface area contributed by atoms with Gasteiger partial charge in [-0.1, -0.05) is 41.4 Å². The molecule has 0 bridgehead atoms. The number of hydrogen-bond donors (Lipinski definition) is 1. The number of hydrazone groups is 1. The number of ether oxygens (including phenoxy) is 3. The molecule has 0 aliphatic heterocycles. The molecule has 0 spiro atoms. The number of carbonyl (C=O) groups is 2. The molecule has 3 aromatic rings. The zero-order valence-corrected chi connectivity index (χ0v) is 19.1. The van der Waals surface area contributed by atoms with E-state index in [2.05, 4.69) is 10.5 Å². The number of nitrogens with zero attached hydrogens (tertiary/aromatic N) is 1. The first kappa shape index (κ1) is 24.1. The Morgan fingerprint density at radius 3 is 2.48 bits per heavy atom. The van der Waals surface area contributed by atoms with Gasteiger partial charge in [-0.05, 0) is 61.0 Å². The molecule has 1 amide bonds. The first-order chi connectivity index (χ1) is 16.0. The summed E-state index contributed by atoms with van der Waals surface area (Å²) < 4.78 is 16.4. The van der Waals surface area contributed by atoms with Crippen LogP contribution < -0.4 is 19.6 Å². The molecule has 0 aliphatic carbocycles. The molecule has 9 heteroatoms. The predicted molar refractivity (Wildman–Crippen MR) is 127 cm³/mol. The van der Waals surface area contributed by atoms with Gasteiger partial charge >= 0.3 is 5.97 Å². The third kappa shape index (κ3) is 7.24. The fourth-order valence-corrected chi connectivity index (χ4v) is 3.13. The molecule has 0 saturated heterocycles. The summed E-state index contributed by atoms with van der Waals surface area (Å²) in [4.78, 5) is 24.4. The summed E-state index contributed by atoms with van der Waals surface area (Å²) in [6.07, 6.45) is 1.44. The molecule has 1 N–H and O–H groups in total. The Hall–Kier alpha value is -3.55. The Kier molecular flexibility index (Phi) is 8.69. The number of benzene rings is 3. The van der Waals surface area contributed by atoms with E-state index in [0.29, 0.717) is 28.7 Å². The molecule has 0 radical (unpaired) electrons. The molecule has 3 aromatic carbocycles. The van der Waals surface area contributed by atoms with E-state index < -0.39 is 11.9 Å². The third-order valence-corrected chi connectivity index (χ3v) is 4.69. The molecule has 170 valence electrons. The number of hydrogen-bond acceptors (Lipinski definition) is 6. The maximum absolute atomic E-state index is 12.5. The normalized spacial score (nSPS) is 10.6. The minimum Gasteiger partial charge on any atom is -0.490 e. The molecule has 0 aromatic heterocycles. The summed E-state index contributed by atoms with van der Waals surface area (Å²) >= 11 is 11.9. The van der Waals surface area contributed by atoms with Crippen molar-refractivity contribution in [2.75, 3.05) is 13.2 Å². The van der Waals surface area contributed by atoms with Crippen molar-refractivity contribution in [2.24, 2.45) is 5.10 Å². The van der Waals surface area contributed by atoms with Crippen LogP contribution >= 0.6 is 23.2 Å². The molecular weight excluding hydrogens is 467 g/mol. The lowest BCUT2D eigenvalue weighted by Crippen LogP contribution is -2.24. The molecule has 0 aliphatic rings. The van der Waals surface area contributed by atoms with E-state index in [1.165, 1.54) is 18.3 Å². The van der Waals surface area contributed by atoms with Crippen LogP contribution in [0.3, 0.4) is 0 Å². The van der Waals surface area contributed by atoms with E-state index >= 15 is 0 Å². The number of para-hydroxylation sites is 1. The number of nitrogens with one attached hydrogen (secondary N) is 1. The average Bonchev–Trinajstić information content (AvgIpc) is 2.80. The highest BCUT2D eigenvalue weighted by Crippen LogP contribution is 2.30. The smallest absolute Gasteiger partial charge is 0.345 e. The highest BCUT2D eigenvalue weighted by molar-refractivity contribution is 6.36. The molecule has 0 atom stereocenters. The van der Waals surface area contributed by atoms with Crippen molar-refractivity contribution in [2.45, 2.75) is 6.92 Å². The highest BCUT2D eigenvalue weighted by atomic mass is 35.5. The standard InChI is InChI=1S/C24H20Cl2N2O5/c1-2-31-22-12-16(14-27-28-23(29)15-32-18-6-4-3-5-7-18)8-11-21(22)33-24(30)19-10-9-17(25)13-20(19)26/h3-14H,2,15H2,1H3,(H,28,29). The highest BCUT2D eigenvalue weighted by Gasteiger charge is 2.16. The lowest BCUT2D eigenvalue weighted by molar-refractivity contribution is -0.123. The maximum atomic E-state index is 12.5. The Morgan fingerprint density at radius 2 is 1.76 bits per heavy atom. The Balaban J connectivity index is 1.62. The van der Waals surface area contributed by atoms with Crippen LogP contribution in [0.4, 0.5) is 0 Å². The monoisotopic (exact) mass is 486 g/mol. The summed E-state index contributed by atoms with van der Waals surface area (Å²) in [6, 6.07) is 18.3. The first-order valence-corrected chi connectivity index (χ1v) is 10.7. The van der Waals surface area contributed by atoms with E-state index in [1.807, 2.05) is 18.2 Å². The predicted octanol–water partition coefficient (Wildman–Crippen LogP) is 5.14. The van der Waals surface area contributed by atoms with Gasteiger partial charge in [-0.2, -0.15) is 5.10 Å². The van der Waals surface area contributed by atoms with Gasteiger partial charge in [0, 0.05) is 5.02 Å². The Morgan fingerprint density at radius 1 is 0.970 bits per heavy atom. The Labute approximate surface area is 200 Å². The topological polar surface area (TPSA) is 86.2 Å². The number of carbonyl (C=O) groups excluding carboxylic acids is 2. The largest absolute Gasteiger partial charge is 0.490 e. The van der Waals surface area contributed by atoms with E-state index in [1.54, 1.807) is 43.3 Å². The molecule has 33 heavy (non-hydrogen) atoms. The van der Waals surface area contributed by atoms with E-state index in [-0.39, 0.29) is 22.9 Å². The van der Waals surface area contributed by atoms with Gasteiger partial charge in [0.1, 0.15) is 5.75 Å². The molecule has 0 fully saturated rings. The van der Waals surface area contributed by atoms with Crippen molar-refractivity contribution in [1.29, 1.82) is 0 Å². The van der Waals surface area contributed by atoms with Crippen molar-refractivity contribution >= 4 is 41.3 Å². The summed E-state index contributed by atoms with van der Waals surface area (Å²) in [6.45, 7) is 1.98. The second-order valence-corrected chi connectivity index (χ2v) is 7.39. The van der Waals surface area contributed by atoms with Gasteiger partial charge in [-0.25, -0.2) is 10.2 Å². The summed E-state index contributed by atoms with van der Waals surface area (Å²) in [7, 11) is 0. The van der Waals surface area contributed by atoms with Gasteiger partial charge in [0.05, 0.1) is 23.4 Å². The third-order valence-electron chi connectivity index (χ3n) is 4.14. The van der Waals surface area contributed by atoms with E-state index in [4.69, 9.17) is 37.4 Å². The van der Waals surface area contributed by atoms with Gasteiger partial charge in [0.25, 0.3) is 5.91 Å². The molecule has 0 unspecified atom stereocenters. The van der Waals surface area contributed by atoms with Crippen LogP contribution in [-0.4, -0.2) is 31.3 Å². The van der Waals surface area contributed by atoms with Gasteiger partial charge in [0.2, 0.25) is 0 Å². The second kappa shape index (κ2) is 11.9. The molecular formula is C24H20Cl2N2O5. The van der Waals surface area contributed by atoms with Crippen molar-refractivity contribution in [1.82, 2.24) is 5.43 Å². The Bertz CT molecular complexity index is 1150. The summed E-state index contributed by atoms with van der Waals surface area (Å²) in [5, 5.41) is 4.51. The molecule has 3 rings (SSSR count). The minimum absolute atomic E-state index is 0.173. The van der Waals surface area contributed by atoms with Crippen molar-refractivity contribution < 1.29 is 23.8 Å². The van der Waals surface area contributed by atoms with Crippen molar-refractivity contribution in [3.8, 4) is 17.2 Å². The van der Waals surface area contributed by atoms with Crippen LogP contribution in [0.5, 0.6) is 17.2 Å². The number of rotatable bonds is 9. The van der Waals surface area contributed by atoms with Gasteiger partial charge in [0.15, 0.2) is 18.1 Å². The van der Waals surface area contributed by atoms with Crippen LogP contribution in [0.15, 0.2) is 71.8 Å². The first-order valence-electron chi connectivity index (χ1n) is 9.90. The number of amides is 1. The van der Waals surface area contributed by atoms with E-state index in [9.17, 15) is 9.59 Å². The van der Waals surface area contributed by atoms with Gasteiger partial charge < -0.3 is 14.2 Å². The van der Waals surface area contributed by atoms with Crippen LogP contribution in [0.1, 0.15) is 22.8 Å². The molecule has 0 heterocycles. The van der Waals surface area contributed by atoms with Crippen molar-refractivity contribution in [3.63, 3.8) is 0 Å². The van der Waals surface area contributed by atoms with Gasteiger partial charge in [-0.3, -0.25) is 4.79 Å². The average molecular weight is 487 g/mol. The van der Waals surface area contributed by atoms with Crippen LogP contribution in [0.2, 0.25) is 10.0 Å². The van der Waals surface area contributed by atoms with Crippen LogP contribution in [0.25, 0.3) is 0 Å². The van der Waals surface area contributed by atoms with Gasteiger partial charge in [-0.15, -0.1) is 0 Å². The number of esters is 1. The lowest BCUT2D eigenvalue weighted by atomic mass is 10.2. The maximum Gasteiger partial charge on any atom is 0.345 e. The quantitative estimate of drug-likeness (QED) is 0.196. The molecule has 0 saturated carbocycles. The van der Waals surface area contributed by atoms with Crippen molar-refractivity contribution in [3.05, 3.63) is 87.9 Å². The molecule has 7 nitrogen and oxygen atoms in total. The zero-order chi connectivity index (χ0) is 23.6. The minimum atomic E-state index is -0.648. The number of halogens is 2. The van der Waals surface area contributed by atoms with Crippen LogP contribution in [0, 0.1) is 0 Å². The fourth-order valence-electron chi connectivity index (χ4n) is 2.64. The van der Waals surface area contributed by atoms with E-state index in [0.717, 1.165) is 0 Å². The second-order valence-electron chi connectivity index (χ2n) is 6.55. The van der Waals surface area contributed by atoms with Crippen LogP contribution in [-0.2, 0) is 4.79 Å². The lowest BCUT2D eigenvalue weighted by Gasteiger charge is -2.12. The SMILES string of the molecule is CCOc1cc(C=NNC(=O)COc2ccccc2)ccc1OC(=O)c1ccc(Cl)cc1Cl. The summed E-state index contributed by atoms with van der Waals surface area (Å²) in [5.41, 5.74) is 3.18. The summed E-state index contributed by atoms with van der Waals surface area (Å²) in [5.74, 6) is 0.0715. The fraction of sp³-hybridized carbons (Fsp3) is 0.125. The zero-order valence-electron chi connectivity index (χ0n) is 17.6.